The molecule has 0 unspecified atom stereocenters. The van der Waals surface area contributed by atoms with Gasteiger partial charge in [-0.3, -0.25) is 0 Å². The van der Waals surface area contributed by atoms with Crippen LogP contribution in [0, 0.1) is 0 Å². The number of hydrogen-bond acceptors (Lipinski definition) is 4. The van der Waals surface area contributed by atoms with Gasteiger partial charge in [0, 0.05) is 11.5 Å². The SMILES string of the molecule is CC1(C)OB(c2ccc(-c3ccc(N=S4(=O)CCCC4)cc3)cc2)OC1(C)C. The molecule has 4 rings (SSSR count). The number of nitrogens with zero attached hydrogens (tertiary/aromatic N) is 1. The first kappa shape index (κ1) is 19.7. The van der Waals surface area contributed by atoms with E-state index in [2.05, 4.69) is 56.3 Å². The molecular formula is C22H28BNO3S. The van der Waals surface area contributed by atoms with Crippen molar-refractivity contribution in [2.24, 2.45) is 4.36 Å². The second kappa shape index (κ2) is 7.01. The molecule has 4 nitrogen and oxygen atoms in total. The zero-order valence-electron chi connectivity index (χ0n) is 17.1. The number of benzene rings is 2. The fraction of sp³-hybridized carbons (Fsp3) is 0.455. The average molecular weight is 397 g/mol. The van der Waals surface area contributed by atoms with Crippen LogP contribution < -0.4 is 5.46 Å². The Morgan fingerprint density at radius 2 is 1.29 bits per heavy atom. The molecule has 28 heavy (non-hydrogen) atoms. The van der Waals surface area contributed by atoms with Gasteiger partial charge >= 0.3 is 7.12 Å². The predicted octanol–water partition coefficient (Wildman–Crippen LogP) is 4.55. The lowest BCUT2D eigenvalue weighted by atomic mass is 9.78. The number of hydrogen-bond donors (Lipinski definition) is 0. The zero-order valence-corrected chi connectivity index (χ0v) is 17.9. The molecule has 0 radical (unpaired) electrons. The molecule has 2 aliphatic heterocycles. The molecule has 0 N–H and O–H groups in total. The minimum Gasteiger partial charge on any atom is -0.399 e. The highest BCUT2D eigenvalue weighted by molar-refractivity contribution is 7.93. The molecule has 0 aliphatic carbocycles. The van der Waals surface area contributed by atoms with Gasteiger partial charge in [-0.25, -0.2) is 4.21 Å². The van der Waals surface area contributed by atoms with E-state index in [0.717, 1.165) is 46.6 Å². The van der Waals surface area contributed by atoms with Crippen molar-refractivity contribution in [1.82, 2.24) is 0 Å². The standard InChI is InChI=1S/C22H28BNO3S/c1-21(2)22(3,4)27-23(26-21)19-11-7-17(8-12-19)18-9-13-20(14-10-18)24-28(25)15-5-6-16-28/h7-14H,5-6,15-16H2,1-4H3. The second-order valence-corrected chi connectivity index (χ2v) is 11.3. The van der Waals surface area contributed by atoms with E-state index in [-0.39, 0.29) is 18.3 Å². The van der Waals surface area contributed by atoms with Gasteiger partial charge in [-0.2, -0.15) is 4.36 Å². The molecule has 2 fully saturated rings. The lowest BCUT2D eigenvalue weighted by Gasteiger charge is -2.32. The van der Waals surface area contributed by atoms with Crippen LogP contribution in [0.4, 0.5) is 5.69 Å². The van der Waals surface area contributed by atoms with Crippen LogP contribution in [-0.2, 0) is 19.0 Å². The predicted molar refractivity (Wildman–Crippen MR) is 117 cm³/mol. The van der Waals surface area contributed by atoms with Crippen molar-refractivity contribution in [3.63, 3.8) is 0 Å². The maximum atomic E-state index is 12.6. The minimum absolute atomic E-state index is 0.337. The third-order valence-electron chi connectivity index (χ3n) is 6.09. The van der Waals surface area contributed by atoms with Crippen LogP contribution in [-0.4, -0.2) is 34.0 Å². The zero-order chi connectivity index (χ0) is 20.0. The molecule has 0 amide bonds. The summed E-state index contributed by atoms with van der Waals surface area (Å²) in [6, 6.07) is 16.3. The van der Waals surface area contributed by atoms with E-state index in [1.54, 1.807) is 0 Å². The van der Waals surface area contributed by atoms with E-state index >= 15 is 0 Å². The van der Waals surface area contributed by atoms with Crippen LogP contribution in [0.25, 0.3) is 11.1 Å². The smallest absolute Gasteiger partial charge is 0.399 e. The van der Waals surface area contributed by atoms with E-state index < -0.39 is 9.73 Å². The van der Waals surface area contributed by atoms with Crippen molar-refractivity contribution >= 4 is 28.0 Å². The summed E-state index contributed by atoms with van der Waals surface area (Å²) in [5.74, 6) is 1.46. The molecule has 0 spiro atoms. The summed E-state index contributed by atoms with van der Waals surface area (Å²) in [5, 5.41) is 0. The van der Waals surface area contributed by atoms with Gasteiger partial charge in [0.15, 0.2) is 0 Å². The van der Waals surface area contributed by atoms with Gasteiger partial charge in [-0.1, -0.05) is 36.4 Å². The van der Waals surface area contributed by atoms with E-state index in [1.165, 1.54) is 0 Å². The highest BCUT2D eigenvalue weighted by atomic mass is 32.2. The van der Waals surface area contributed by atoms with Crippen molar-refractivity contribution in [3.05, 3.63) is 48.5 Å². The Morgan fingerprint density at radius 1 is 0.821 bits per heavy atom. The van der Waals surface area contributed by atoms with Crippen LogP contribution in [0.3, 0.4) is 0 Å². The van der Waals surface area contributed by atoms with Crippen molar-refractivity contribution in [2.75, 3.05) is 11.5 Å². The minimum atomic E-state index is -2.02. The molecule has 6 heteroatoms. The van der Waals surface area contributed by atoms with Crippen LogP contribution in [0.1, 0.15) is 40.5 Å². The molecule has 2 heterocycles. The van der Waals surface area contributed by atoms with Crippen molar-refractivity contribution in [2.45, 2.75) is 51.7 Å². The molecular weight excluding hydrogens is 369 g/mol. The maximum Gasteiger partial charge on any atom is 0.494 e. The maximum absolute atomic E-state index is 12.6. The van der Waals surface area contributed by atoms with Crippen molar-refractivity contribution in [3.8, 4) is 11.1 Å². The fourth-order valence-electron chi connectivity index (χ4n) is 3.57. The third kappa shape index (κ3) is 3.78. The molecule has 0 aromatic heterocycles. The first-order chi connectivity index (χ1) is 13.2. The third-order valence-corrected chi connectivity index (χ3v) is 8.48. The lowest BCUT2D eigenvalue weighted by Crippen LogP contribution is -2.41. The largest absolute Gasteiger partial charge is 0.494 e. The molecule has 2 aromatic carbocycles. The molecule has 148 valence electrons. The molecule has 2 aliphatic rings. The van der Waals surface area contributed by atoms with Gasteiger partial charge in [0.2, 0.25) is 0 Å². The molecule has 0 saturated carbocycles. The summed E-state index contributed by atoms with van der Waals surface area (Å²) < 4.78 is 29.3. The van der Waals surface area contributed by atoms with Crippen molar-refractivity contribution < 1.29 is 13.5 Å². The summed E-state index contributed by atoms with van der Waals surface area (Å²) in [6.07, 6.45) is 2.05. The first-order valence-corrected chi connectivity index (χ1v) is 11.8. The van der Waals surface area contributed by atoms with E-state index in [4.69, 9.17) is 9.31 Å². The van der Waals surface area contributed by atoms with Gasteiger partial charge in [-0.05, 0) is 69.3 Å². The molecule has 0 atom stereocenters. The Hall–Kier alpha value is -1.63. The normalized spacial score (nSPS) is 22.4. The molecule has 0 bridgehead atoms. The summed E-state index contributed by atoms with van der Waals surface area (Å²) in [7, 11) is -2.37. The second-order valence-electron chi connectivity index (χ2n) is 8.74. The first-order valence-electron chi connectivity index (χ1n) is 9.96. The highest BCUT2D eigenvalue weighted by Crippen LogP contribution is 2.36. The van der Waals surface area contributed by atoms with E-state index in [1.807, 2.05) is 24.3 Å². The lowest BCUT2D eigenvalue weighted by molar-refractivity contribution is 0.00578. The Balaban J connectivity index is 1.51. The van der Waals surface area contributed by atoms with Gasteiger partial charge in [0.25, 0.3) is 0 Å². The monoisotopic (exact) mass is 397 g/mol. The van der Waals surface area contributed by atoms with E-state index in [9.17, 15) is 4.21 Å². The highest BCUT2D eigenvalue weighted by Gasteiger charge is 2.51. The number of rotatable bonds is 3. The topological polar surface area (TPSA) is 47.9 Å². The summed E-state index contributed by atoms with van der Waals surface area (Å²) in [5.41, 5.74) is 3.39. The molecule has 2 aromatic rings. The Bertz CT molecular complexity index is 946. The van der Waals surface area contributed by atoms with Crippen LogP contribution in [0.5, 0.6) is 0 Å². The van der Waals surface area contributed by atoms with Crippen LogP contribution in [0.2, 0.25) is 0 Å². The summed E-state index contributed by atoms with van der Waals surface area (Å²) in [6.45, 7) is 8.25. The van der Waals surface area contributed by atoms with Gasteiger partial charge < -0.3 is 9.31 Å². The quantitative estimate of drug-likeness (QED) is 0.715. The molecule has 2 saturated heterocycles. The van der Waals surface area contributed by atoms with Gasteiger partial charge in [0.05, 0.1) is 26.6 Å². The summed E-state index contributed by atoms with van der Waals surface area (Å²) >= 11 is 0. The van der Waals surface area contributed by atoms with Crippen LogP contribution in [0.15, 0.2) is 52.9 Å². The Kier molecular flexibility index (Phi) is 4.93. The van der Waals surface area contributed by atoms with Gasteiger partial charge in [0.1, 0.15) is 0 Å². The van der Waals surface area contributed by atoms with Crippen LogP contribution >= 0.6 is 0 Å². The Labute approximate surface area is 169 Å². The summed E-state index contributed by atoms with van der Waals surface area (Å²) in [4.78, 5) is 0. The van der Waals surface area contributed by atoms with Gasteiger partial charge in [-0.15, -0.1) is 0 Å². The Morgan fingerprint density at radius 3 is 1.79 bits per heavy atom. The van der Waals surface area contributed by atoms with Crippen molar-refractivity contribution in [1.29, 1.82) is 0 Å². The van der Waals surface area contributed by atoms with E-state index in [0.29, 0.717) is 0 Å². The average Bonchev–Trinajstić information content (AvgIpc) is 3.16. The fourth-order valence-corrected chi connectivity index (χ4v) is 5.77.